The van der Waals surface area contributed by atoms with Crippen molar-refractivity contribution in [2.24, 2.45) is 0 Å². The summed E-state index contributed by atoms with van der Waals surface area (Å²) in [6.07, 6.45) is -8.04. The molecule has 35 heavy (non-hydrogen) atoms. The summed E-state index contributed by atoms with van der Waals surface area (Å²) in [5, 5.41) is 0. The molecule has 13 heteroatoms. The fourth-order valence-electron chi connectivity index (χ4n) is 2.99. The van der Waals surface area contributed by atoms with Gasteiger partial charge in [0.2, 0.25) is 5.88 Å². The Morgan fingerprint density at radius 1 is 1.03 bits per heavy atom. The number of hydrogen-bond acceptors (Lipinski definition) is 4. The highest BCUT2D eigenvalue weighted by molar-refractivity contribution is 7.86. The van der Waals surface area contributed by atoms with Gasteiger partial charge in [0.25, 0.3) is 0 Å². The number of pyridine rings is 1. The molecule has 188 valence electrons. The number of methoxy groups -OCH3 is 1. The Morgan fingerprint density at radius 2 is 1.74 bits per heavy atom. The monoisotopic (exact) mass is 522 g/mol. The fourth-order valence-corrected chi connectivity index (χ4v) is 3.75. The molecule has 0 aliphatic rings. The molecular weight excluding hydrogens is 505 g/mol. The molecule has 1 heterocycles. The van der Waals surface area contributed by atoms with Crippen LogP contribution >= 0.6 is 0 Å². The second kappa shape index (κ2) is 10.5. The van der Waals surface area contributed by atoms with Gasteiger partial charge in [0.05, 0.1) is 12.7 Å². The lowest BCUT2D eigenvalue weighted by molar-refractivity contribution is -0.137. The van der Waals surface area contributed by atoms with Gasteiger partial charge in [-0.05, 0) is 29.8 Å². The van der Waals surface area contributed by atoms with Crippen molar-refractivity contribution in [2.75, 3.05) is 17.6 Å². The first kappa shape index (κ1) is 26.3. The summed E-state index contributed by atoms with van der Waals surface area (Å²) in [5.74, 6) is -2.95. The number of hydrogen-bond donors (Lipinski definition) is 1. The minimum atomic E-state index is -4.69. The summed E-state index contributed by atoms with van der Waals surface area (Å²) >= 11 is 0. The first-order valence-electron chi connectivity index (χ1n) is 9.71. The number of nitrogens with zero attached hydrogens (tertiary/aromatic N) is 1. The predicted octanol–water partition coefficient (Wildman–Crippen LogP) is 6.13. The molecule has 0 radical (unpaired) electrons. The van der Waals surface area contributed by atoms with E-state index in [9.17, 15) is 30.6 Å². The van der Waals surface area contributed by atoms with Crippen molar-refractivity contribution in [3.63, 3.8) is 0 Å². The van der Waals surface area contributed by atoms with E-state index >= 15 is 4.39 Å². The molecule has 0 amide bonds. The fraction of sp³-hybridized carbons (Fsp3) is 0.227. The maximum absolute atomic E-state index is 15.1. The number of halogens is 7. The first-order valence-corrected chi connectivity index (χ1v) is 11.0. The van der Waals surface area contributed by atoms with Gasteiger partial charge in [0.15, 0.2) is 11.6 Å². The summed E-state index contributed by atoms with van der Waals surface area (Å²) in [6, 6.07) is 9.60. The molecule has 1 atom stereocenters. The molecule has 3 aromatic rings. The van der Waals surface area contributed by atoms with E-state index in [2.05, 4.69) is 9.71 Å². The second-order valence-corrected chi connectivity index (χ2v) is 8.28. The first-order chi connectivity index (χ1) is 16.4. The molecule has 0 saturated heterocycles. The third-order valence-corrected chi connectivity index (χ3v) is 5.52. The number of nitrogens with one attached hydrogen (secondary N) is 1. The topological polar surface area (TPSA) is 60.5 Å². The highest BCUT2D eigenvalue weighted by atomic mass is 32.2. The lowest BCUT2D eigenvalue weighted by Gasteiger charge is -2.14. The zero-order valence-electron chi connectivity index (χ0n) is 17.8. The molecule has 5 nitrogen and oxygen atoms in total. The Morgan fingerprint density at radius 3 is 2.40 bits per heavy atom. The zero-order chi connectivity index (χ0) is 25.8. The van der Waals surface area contributed by atoms with Gasteiger partial charge in [0, 0.05) is 17.3 Å². The molecular formula is C22H17F7N2O3S. The molecule has 1 aromatic heterocycles. The van der Waals surface area contributed by atoms with Gasteiger partial charge >= 0.3 is 12.4 Å². The number of ether oxygens (including phenoxy) is 2. The van der Waals surface area contributed by atoms with Gasteiger partial charge in [0.1, 0.15) is 29.0 Å². The molecule has 0 fully saturated rings. The number of benzene rings is 2. The Labute approximate surface area is 197 Å². The van der Waals surface area contributed by atoms with Crippen LogP contribution in [0, 0.1) is 5.82 Å². The third kappa shape index (κ3) is 7.07. The van der Waals surface area contributed by atoms with Crippen LogP contribution in [0.25, 0.3) is 11.1 Å². The summed E-state index contributed by atoms with van der Waals surface area (Å²) in [6.45, 7) is -0.353. The Bertz CT molecular complexity index is 1220. The van der Waals surface area contributed by atoms with Crippen LogP contribution < -0.4 is 14.2 Å². The van der Waals surface area contributed by atoms with E-state index in [-0.39, 0.29) is 40.6 Å². The van der Waals surface area contributed by atoms with E-state index in [1.165, 1.54) is 49.7 Å². The highest BCUT2D eigenvalue weighted by Gasteiger charge is 2.31. The zero-order valence-corrected chi connectivity index (χ0v) is 18.7. The van der Waals surface area contributed by atoms with E-state index in [0.29, 0.717) is 0 Å². The van der Waals surface area contributed by atoms with Crippen molar-refractivity contribution in [1.29, 1.82) is 0 Å². The van der Waals surface area contributed by atoms with Gasteiger partial charge < -0.3 is 9.47 Å². The van der Waals surface area contributed by atoms with Crippen LogP contribution in [-0.2, 0) is 23.8 Å². The van der Waals surface area contributed by atoms with Crippen LogP contribution in [-0.4, -0.2) is 28.2 Å². The highest BCUT2D eigenvalue weighted by Crippen LogP contribution is 2.34. The molecule has 3 rings (SSSR count). The summed E-state index contributed by atoms with van der Waals surface area (Å²) in [4.78, 5) is 3.91. The summed E-state index contributed by atoms with van der Waals surface area (Å²) in [5.41, 5.74) is -0.845. The maximum atomic E-state index is 15.1. The van der Waals surface area contributed by atoms with Gasteiger partial charge in [-0.25, -0.2) is 13.6 Å². The third-order valence-electron chi connectivity index (χ3n) is 4.49. The van der Waals surface area contributed by atoms with Crippen molar-refractivity contribution in [2.45, 2.75) is 19.0 Å². The predicted molar refractivity (Wildman–Crippen MR) is 115 cm³/mol. The SMILES string of the molecule is COc1ncc(-c2cccc(OCc3cccc(C(F)(F)F)c3)c2F)cc1NS(=O)CC(F)(F)F. The number of rotatable bonds is 8. The Kier molecular flexibility index (Phi) is 7.88. The van der Waals surface area contributed by atoms with Crippen molar-refractivity contribution in [1.82, 2.24) is 4.98 Å². The number of aromatic nitrogens is 1. The molecule has 0 spiro atoms. The standard InChI is InChI=1S/C22H17F7N2O3S/c1-33-20-17(31-35(32)12-21(24,25)26)9-14(10-30-20)16-6-3-7-18(19(16)23)34-11-13-4-2-5-15(8-13)22(27,28)29/h2-10,31H,11-12H2,1H3. The van der Waals surface area contributed by atoms with Gasteiger partial charge in [-0.15, -0.1) is 0 Å². The Hall–Kier alpha value is -3.35. The minimum Gasteiger partial charge on any atom is -0.486 e. The van der Waals surface area contributed by atoms with Crippen LogP contribution in [0.1, 0.15) is 11.1 Å². The van der Waals surface area contributed by atoms with E-state index in [0.717, 1.165) is 12.1 Å². The summed E-state index contributed by atoms with van der Waals surface area (Å²) < 4.78 is 116. The number of anilines is 1. The van der Waals surface area contributed by atoms with Crippen LogP contribution in [0.15, 0.2) is 54.7 Å². The molecule has 1 N–H and O–H groups in total. The largest absolute Gasteiger partial charge is 0.486 e. The van der Waals surface area contributed by atoms with E-state index in [1.807, 2.05) is 0 Å². The van der Waals surface area contributed by atoms with Crippen LogP contribution in [0.2, 0.25) is 0 Å². The van der Waals surface area contributed by atoms with Crippen LogP contribution in [0.4, 0.5) is 36.4 Å². The molecule has 2 aromatic carbocycles. The molecule has 0 aliphatic carbocycles. The normalized spacial score (nSPS) is 12.8. The number of alkyl halides is 6. The van der Waals surface area contributed by atoms with Crippen molar-refractivity contribution < 1.29 is 44.4 Å². The van der Waals surface area contributed by atoms with E-state index < -0.39 is 40.5 Å². The van der Waals surface area contributed by atoms with Crippen LogP contribution in [0.5, 0.6) is 11.6 Å². The van der Waals surface area contributed by atoms with E-state index in [4.69, 9.17) is 9.47 Å². The second-order valence-electron chi connectivity index (χ2n) is 7.09. The van der Waals surface area contributed by atoms with Crippen molar-refractivity contribution in [3.8, 4) is 22.8 Å². The molecule has 0 aliphatic heterocycles. The van der Waals surface area contributed by atoms with Gasteiger partial charge in [-0.1, -0.05) is 24.3 Å². The van der Waals surface area contributed by atoms with Crippen molar-refractivity contribution in [3.05, 3.63) is 71.7 Å². The van der Waals surface area contributed by atoms with Crippen molar-refractivity contribution >= 4 is 16.7 Å². The van der Waals surface area contributed by atoms with Gasteiger partial charge in [-0.2, -0.15) is 26.3 Å². The van der Waals surface area contributed by atoms with E-state index in [1.54, 1.807) is 0 Å². The smallest absolute Gasteiger partial charge is 0.416 e. The minimum absolute atomic E-state index is 0.0636. The van der Waals surface area contributed by atoms with Gasteiger partial charge in [-0.3, -0.25) is 4.72 Å². The quantitative estimate of drug-likeness (QED) is 0.362. The average molecular weight is 522 g/mol. The lowest BCUT2D eigenvalue weighted by Crippen LogP contribution is -2.23. The maximum Gasteiger partial charge on any atom is 0.416 e. The Balaban J connectivity index is 1.84. The molecule has 0 saturated carbocycles. The summed E-state index contributed by atoms with van der Waals surface area (Å²) in [7, 11) is -1.36. The lowest BCUT2D eigenvalue weighted by atomic mass is 10.1. The average Bonchev–Trinajstić information content (AvgIpc) is 2.77. The van der Waals surface area contributed by atoms with Crippen LogP contribution in [0.3, 0.4) is 0 Å². The molecule has 0 bridgehead atoms. The molecule has 1 unspecified atom stereocenters.